The van der Waals surface area contributed by atoms with Crippen molar-refractivity contribution in [2.24, 2.45) is 0 Å². The number of carbonyl (C=O) groups excluding carboxylic acids is 1. The van der Waals surface area contributed by atoms with Gasteiger partial charge in [-0.15, -0.1) is 0 Å². The van der Waals surface area contributed by atoms with Gasteiger partial charge in [-0.2, -0.15) is 0 Å². The number of carbonyl (C=O) groups is 1. The van der Waals surface area contributed by atoms with Crippen LogP contribution in [0.3, 0.4) is 0 Å². The molecule has 0 aliphatic heterocycles. The van der Waals surface area contributed by atoms with Crippen LogP contribution in [0.4, 0.5) is 0 Å². The summed E-state index contributed by atoms with van der Waals surface area (Å²) in [5, 5.41) is 11.6. The van der Waals surface area contributed by atoms with Crippen LogP contribution >= 0.6 is 0 Å². The van der Waals surface area contributed by atoms with Gasteiger partial charge in [-0.05, 0) is 36.8 Å². The third-order valence-corrected chi connectivity index (χ3v) is 3.12. The number of amides is 1. The predicted octanol–water partition coefficient (Wildman–Crippen LogP) is 1.90. The lowest BCUT2D eigenvalue weighted by Crippen LogP contribution is -2.26. The first-order valence-corrected chi connectivity index (χ1v) is 6.72. The molecule has 0 radical (unpaired) electrons. The number of rotatable bonds is 4. The van der Waals surface area contributed by atoms with Gasteiger partial charge < -0.3 is 14.8 Å². The van der Waals surface area contributed by atoms with Crippen molar-refractivity contribution in [2.45, 2.75) is 13.3 Å². The summed E-state index contributed by atoms with van der Waals surface area (Å²) in [6.45, 7) is 2.17. The van der Waals surface area contributed by atoms with E-state index in [1.807, 2.05) is 25.1 Å². The summed E-state index contributed by atoms with van der Waals surface area (Å²) < 4.78 is 5.21. The molecule has 0 bridgehead atoms. The fourth-order valence-electron chi connectivity index (χ4n) is 2.00. The number of benzene rings is 1. The Kier molecular flexibility index (Phi) is 5.19. The minimum absolute atomic E-state index is 0.133. The molecule has 2 aromatic rings. The number of hydrogen-bond acceptors (Lipinski definition) is 3. The Balaban J connectivity index is 2.01. The van der Waals surface area contributed by atoms with E-state index in [2.05, 4.69) is 17.2 Å². The number of hydrogen-bond donors (Lipinski definition) is 2. The average molecular weight is 283 g/mol. The molecule has 2 rings (SSSR count). The summed E-state index contributed by atoms with van der Waals surface area (Å²) in [6.07, 6.45) is 2.27. The molecule has 2 N–H and O–H groups in total. The van der Waals surface area contributed by atoms with Gasteiger partial charge in [0.05, 0.1) is 6.26 Å². The zero-order chi connectivity index (χ0) is 15.1. The molecule has 0 fully saturated rings. The van der Waals surface area contributed by atoms with Crippen molar-refractivity contribution >= 4 is 5.91 Å². The topological polar surface area (TPSA) is 62.5 Å². The van der Waals surface area contributed by atoms with E-state index in [-0.39, 0.29) is 12.5 Å². The van der Waals surface area contributed by atoms with Gasteiger partial charge >= 0.3 is 0 Å². The number of furan rings is 1. The summed E-state index contributed by atoms with van der Waals surface area (Å²) in [5.74, 6) is 6.15. The normalized spacial score (nSPS) is 9.81. The second kappa shape index (κ2) is 7.32. The van der Waals surface area contributed by atoms with Crippen molar-refractivity contribution in [3.05, 3.63) is 59.0 Å². The standard InChI is InChI=1S/C17H17NO3/c1-13-14(6-3-11-19)5-2-8-16(13)17(20)18-10-9-15-7-4-12-21-15/h2,4-5,7-8,12,19H,9-11H2,1H3,(H,18,20). The largest absolute Gasteiger partial charge is 0.469 e. The molecule has 0 unspecified atom stereocenters. The van der Waals surface area contributed by atoms with Gasteiger partial charge in [-0.1, -0.05) is 17.9 Å². The van der Waals surface area contributed by atoms with Crippen molar-refractivity contribution in [1.82, 2.24) is 5.32 Å². The molecule has 1 aromatic carbocycles. The minimum Gasteiger partial charge on any atom is -0.469 e. The fraction of sp³-hybridized carbons (Fsp3) is 0.235. The van der Waals surface area contributed by atoms with E-state index in [4.69, 9.17) is 9.52 Å². The van der Waals surface area contributed by atoms with Crippen LogP contribution in [-0.2, 0) is 6.42 Å². The van der Waals surface area contributed by atoms with E-state index in [0.29, 0.717) is 18.5 Å². The van der Waals surface area contributed by atoms with Crippen LogP contribution in [0.2, 0.25) is 0 Å². The fourth-order valence-corrected chi connectivity index (χ4v) is 2.00. The van der Waals surface area contributed by atoms with E-state index in [0.717, 1.165) is 16.9 Å². The molecule has 0 atom stereocenters. The Morgan fingerprint density at radius 2 is 2.19 bits per heavy atom. The Morgan fingerprint density at radius 3 is 2.90 bits per heavy atom. The molecule has 4 nitrogen and oxygen atoms in total. The Morgan fingerprint density at radius 1 is 1.33 bits per heavy atom. The van der Waals surface area contributed by atoms with Crippen LogP contribution < -0.4 is 5.32 Å². The third kappa shape index (κ3) is 3.98. The first-order chi connectivity index (χ1) is 10.2. The maximum atomic E-state index is 12.2. The van der Waals surface area contributed by atoms with E-state index in [1.165, 1.54) is 0 Å². The molecule has 0 saturated heterocycles. The molecular weight excluding hydrogens is 266 g/mol. The highest BCUT2D eigenvalue weighted by molar-refractivity contribution is 5.96. The molecule has 4 heteroatoms. The number of aliphatic hydroxyl groups is 1. The van der Waals surface area contributed by atoms with Crippen LogP contribution in [0.25, 0.3) is 0 Å². The molecule has 0 aliphatic carbocycles. The van der Waals surface area contributed by atoms with E-state index in [1.54, 1.807) is 18.4 Å². The van der Waals surface area contributed by atoms with Gasteiger partial charge in [-0.3, -0.25) is 4.79 Å². The summed E-state index contributed by atoms with van der Waals surface area (Å²) in [5.41, 5.74) is 2.16. The maximum Gasteiger partial charge on any atom is 0.251 e. The second-order valence-corrected chi connectivity index (χ2v) is 4.52. The summed E-state index contributed by atoms with van der Waals surface area (Å²) in [4.78, 5) is 12.2. The third-order valence-electron chi connectivity index (χ3n) is 3.12. The highest BCUT2D eigenvalue weighted by Gasteiger charge is 2.10. The van der Waals surface area contributed by atoms with Crippen molar-refractivity contribution < 1.29 is 14.3 Å². The smallest absolute Gasteiger partial charge is 0.251 e. The molecule has 1 aromatic heterocycles. The van der Waals surface area contributed by atoms with Crippen LogP contribution in [0.15, 0.2) is 41.0 Å². The van der Waals surface area contributed by atoms with Gasteiger partial charge in [0.2, 0.25) is 0 Å². The molecule has 21 heavy (non-hydrogen) atoms. The maximum absolute atomic E-state index is 12.2. The predicted molar refractivity (Wildman–Crippen MR) is 79.9 cm³/mol. The van der Waals surface area contributed by atoms with Crippen molar-refractivity contribution in [3.8, 4) is 11.8 Å². The van der Waals surface area contributed by atoms with Gasteiger partial charge in [0, 0.05) is 24.1 Å². The van der Waals surface area contributed by atoms with Gasteiger partial charge in [0.25, 0.3) is 5.91 Å². The zero-order valence-electron chi connectivity index (χ0n) is 11.8. The first kappa shape index (κ1) is 14.9. The summed E-state index contributed by atoms with van der Waals surface area (Å²) >= 11 is 0. The van der Waals surface area contributed by atoms with E-state index < -0.39 is 0 Å². The zero-order valence-corrected chi connectivity index (χ0v) is 11.8. The molecule has 0 aliphatic rings. The molecule has 108 valence electrons. The lowest BCUT2D eigenvalue weighted by Gasteiger charge is -2.08. The molecule has 1 heterocycles. The van der Waals surface area contributed by atoms with Crippen molar-refractivity contribution in [2.75, 3.05) is 13.2 Å². The first-order valence-electron chi connectivity index (χ1n) is 6.72. The lowest BCUT2D eigenvalue weighted by atomic mass is 10.0. The molecule has 1 amide bonds. The molecular formula is C17H17NO3. The second-order valence-electron chi connectivity index (χ2n) is 4.52. The van der Waals surface area contributed by atoms with Crippen LogP contribution in [0.5, 0.6) is 0 Å². The molecule has 0 spiro atoms. The van der Waals surface area contributed by atoms with E-state index >= 15 is 0 Å². The number of aliphatic hydroxyl groups excluding tert-OH is 1. The highest BCUT2D eigenvalue weighted by atomic mass is 16.3. The van der Waals surface area contributed by atoms with Gasteiger partial charge in [0.15, 0.2) is 0 Å². The average Bonchev–Trinajstić information content (AvgIpc) is 2.99. The number of nitrogens with one attached hydrogen (secondary N) is 1. The van der Waals surface area contributed by atoms with Gasteiger partial charge in [0.1, 0.15) is 12.4 Å². The summed E-state index contributed by atoms with van der Waals surface area (Å²) in [7, 11) is 0. The quantitative estimate of drug-likeness (QED) is 0.842. The van der Waals surface area contributed by atoms with Gasteiger partial charge in [-0.25, -0.2) is 0 Å². The Labute approximate surface area is 123 Å². The Hall–Kier alpha value is -2.51. The van der Waals surface area contributed by atoms with E-state index in [9.17, 15) is 4.79 Å². The van der Waals surface area contributed by atoms with Crippen LogP contribution in [0, 0.1) is 18.8 Å². The lowest BCUT2D eigenvalue weighted by molar-refractivity contribution is 0.0953. The highest BCUT2D eigenvalue weighted by Crippen LogP contribution is 2.13. The monoisotopic (exact) mass is 283 g/mol. The van der Waals surface area contributed by atoms with Crippen molar-refractivity contribution in [1.29, 1.82) is 0 Å². The molecule has 0 saturated carbocycles. The van der Waals surface area contributed by atoms with Crippen LogP contribution in [0.1, 0.15) is 27.2 Å². The van der Waals surface area contributed by atoms with Crippen molar-refractivity contribution in [3.63, 3.8) is 0 Å². The summed E-state index contributed by atoms with van der Waals surface area (Å²) in [6, 6.07) is 9.09. The minimum atomic E-state index is -0.195. The Bertz CT molecular complexity index is 663. The van der Waals surface area contributed by atoms with Crippen LogP contribution in [-0.4, -0.2) is 24.2 Å². The SMILES string of the molecule is Cc1c(C#CCO)cccc1C(=O)NCCc1ccco1.